The SMILES string of the molecule is CC1(c2ccc(C3CCCCC3)cc2)c2ccccc2-c2ccc(N(c3ccc(-c4ccc(C5CCCCCCC5)cc4)cc3)c3ccc(C4CCCCC4)cc3)cc21. The predicted octanol–water partition coefficient (Wildman–Crippen LogP) is 17.1. The zero-order valence-corrected chi connectivity index (χ0v) is 35.5. The second-order valence-electron chi connectivity index (χ2n) is 18.8. The molecular formula is C58H63N. The summed E-state index contributed by atoms with van der Waals surface area (Å²) >= 11 is 0. The normalized spacial score (nSPS) is 20.4. The van der Waals surface area contributed by atoms with Gasteiger partial charge in [-0.1, -0.05) is 174 Å². The third kappa shape index (κ3) is 7.60. The highest BCUT2D eigenvalue weighted by molar-refractivity contribution is 5.87. The molecule has 0 saturated heterocycles. The van der Waals surface area contributed by atoms with E-state index in [1.807, 2.05) is 0 Å². The van der Waals surface area contributed by atoms with E-state index in [-0.39, 0.29) is 5.41 Å². The lowest BCUT2D eigenvalue weighted by molar-refractivity contribution is 0.443. The van der Waals surface area contributed by atoms with Crippen LogP contribution >= 0.6 is 0 Å². The van der Waals surface area contributed by atoms with Crippen LogP contribution in [0.1, 0.15) is 167 Å². The summed E-state index contributed by atoms with van der Waals surface area (Å²) in [6.07, 6.45) is 23.1. The molecule has 300 valence electrons. The number of hydrogen-bond acceptors (Lipinski definition) is 1. The molecule has 0 amide bonds. The van der Waals surface area contributed by atoms with Gasteiger partial charge < -0.3 is 4.90 Å². The summed E-state index contributed by atoms with van der Waals surface area (Å²) in [7, 11) is 0. The van der Waals surface area contributed by atoms with Gasteiger partial charge in [0.15, 0.2) is 0 Å². The molecule has 10 rings (SSSR count). The number of hydrogen-bond donors (Lipinski definition) is 0. The molecular weight excluding hydrogens is 711 g/mol. The van der Waals surface area contributed by atoms with E-state index in [0.29, 0.717) is 17.8 Å². The fourth-order valence-electron chi connectivity index (χ4n) is 11.8. The van der Waals surface area contributed by atoms with E-state index in [0.717, 1.165) is 0 Å². The molecule has 1 atom stereocenters. The number of benzene rings is 6. The lowest BCUT2D eigenvalue weighted by Gasteiger charge is -2.31. The maximum Gasteiger partial charge on any atom is 0.0465 e. The molecule has 6 aromatic carbocycles. The lowest BCUT2D eigenvalue weighted by Crippen LogP contribution is -2.23. The fraction of sp³-hybridized carbons (Fsp3) is 0.379. The van der Waals surface area contributed by atoms with Crippen molar-refractivity contribution < 1.29 is 0 Å². The van der Waals surface area contributed by atoms with E-state index >= 15 is 0 Å². The number of nitrogens with zero attached hydrogens (tertiary/aromatic N) is 1. The van der Waals surface area contributed by atoms with Crippen LogP contribution in [0.2, 0.25) is 0 Å². The van der Waals surface area contributed by atoms with Gasteiger partial charge in [-0.3, -0.25) is 0 Å². The van der Waals surface area contributed by atoms with Crippen LogP contribution in [0.5, 0.6) is 0 Å². The van der Waals surface area contributed by atoms with Crippen molar-refractivity contribution in [3.63, 3.8) is 0 Å². The Hall–Kier alpha value is -4.88. The fourth-order valence-corrected chi connectivity index (χ4v) is 11.8. The van der Waals surface area contributed by atoms with Gasteiger partial charge in [0.2, 0.25) is 0 Å². The third-order valence-corrected chi connectivity index (χ3v) is 15.3. The van der Waals surface area contributed by atoms with Crippen LogP contribution in [-0.2, 0) is 5.41 Å². The van der Waals surface area contributed by atoms with Crippen LogP contribution in [0, 0.1) is 0 Å². The number of rotatable bonds is 8. The Balaban J connectivity index is 1.01. The minimum atomic E-state index is -0.254. The van der Waals surface area contributed by atoms with Gasteiger partial charge in [0.25, 0.3) is 0 Å². The maximum atomic E-state index is 2.52. The van der Waals surface area contributed by atoms with Crippen molar-refractivity contribution in [1.29, 1.82) is 0 Å². The lowest BCUT2D eigenvalue weighted by atomic mass is 9.73. The standard InChI is InChI=1S/C58H63N/c1-58(50-33-27-47(28-34-50)43-17-9-5-10-18-43)56-22-14-13-21-54(56)55-40-39-53(41-57(55)58)59(51-35-29-48(30-36-51)44-19-11-6-12-20-44)52-37-31-49(32-38-52)46-25-23-45(24-26-46)42-15-7-3-2-4-8-16-42/h13-14,21-44H,2-12,15-20H2,1H3. The predicted molar refractivity (Wildman–Crippen MR) is 251 cm³/mol. The first-order valence-electron chi connectivity index (χ1n) is 23.6. The maximum absolute atomic E-state index is 2.52. The molecule has 1 unspecified atom stereocenters. The van der Waals surface area contributed by atoms with Gasteiger partial charge >= 0.3 is 0 Å². The smallest absolute Gasteiger partial charge is 0.0465 e. The number of anilines is 3. The average molecular weight is 774 g/mol. The van der Waals surface area contributed by atoms with Crippen LogP contribution in [0.25, 0.3) is 22.3 Å². The summed E-state index contributed by atoms with van der Waals surface area (Å²) in [6.45, 7) is 2.47. The number of fused-ring (bicyclic) bond motifs is 3. The zero-order chi connectivity index (χ0) is 39.6. The summed E-state index contributed by atoms with van der Waals surface area (Å²) in [6, 6.07) is 54.8. The molecule has 0 heterocycles. The van der Waals surface area contributed by atoms with Gasteiger partial charge in [-0.2, -0.15) is 0 Å². The van der Waals surface area contributed by atoms with Crippen molar-refractivity contribution in [1.82, 2.24) is 0 Å². The van der Waals surface area contributed by atoms with E-state index < -0.39 is 0 Å². The quantitative estimate of drug-likeness (QED) is 0.149. The first kappa shape index (κ1) is 38.3. The van der Waals surface area contributed by atoms with Crippen LogP contribution in [0.3, 0.4) is 0 Å². The molecule has 0 bridgehead atoms. The van der Waals surface area contributed by atoms with Crippen molar-refractivity contribution in [2.75, 3.05) is 4.90 Å². The summed E-state index contributed by atoms with van der Waals surface area (Å²) in [5.74, 6) is 2.11. The monoisotopic (exact) mass is 773 g/mol. The van der Waals surface area contributed by atoms with E-state index in [4.69, 9.17) is 0 Å². The minimum Gasteiger partial charge on any atom is -0.310 e. The van der Waals surface area contributed by atoms with Gasteiger partial charge in [-0.15, -0.1) is 0 Å². The van der Waals surface area contributed by atoms with E-state index in [9.17, 15) is 0 Å². The van der Waals surface area contributed by atoms with Crippen LogP contribution in [0.15, 0.2) is 140 Å². The topological polar surface area (TPSA) is 3.24 Å². The molecule has 6 aromatic rings. The molecule has 0 aliphatic heterocycles. The Kier molecular flexibility index (Phi) is 11.0. The summed E-state index contributed by atoms with van der Waals surface area (Å²) in [4.78, 5) is 2.50. The van der Waals surface area contributed by atoms with Crippen molar-refractivity contribution in [2.45, 2.75) is 139 Å². The van der Waals surface area contributed by atoms with Gasteiger partial charge in [0, 0.05) is 22.5 Å². The second kappa shape index (κ2) is 17.0. The van der Waals surface area contributed by atoms with E-state index in [1.54, 1.807) is 0 Å². The Morgan fingerprint density at radius 3 is 1.31 bits per heavy atom. The Labute approximate surface area is 354 Å². The molecule has 3 fully saturated rings. The molecule has 1 heteroatoms. The molecule has 4 aliphatic rings. The first-order chi connectivity index (χ1) is 29.1. The van der Waals surface area contributed by atoms with Gasteiger partial charge in [0.05, 0.1) is 0 Å². The van der Waals surface area contributed by atoms with Crippen molar-refractivity contribution >= 4 is 17.1 Å². The minimum absolute atomic E-state index is 0.254. The van der Waals surface area contributed by atoms with Crippen LogP contribution < -0.4 is 4.90 Å². The molecule has 1 nitrogen and oxygen atoms in total. The largest absolute Gasteiger partial charge is 0.310 e. The van der Waals surface area contributed by atoms with Gasteiger partial charge in [-0.05, 0) is 155 Å². The Morgan fingerprint density at radius 2 is 0.763 bits per heavy atom. The molecule has 0 N–H and O–H groups in total. The van der Waals surface area contributed by atoms with Crippen molar-refractivity contribution in [2.24, 2.45) is 0 Å². The van der Waals surface area contributed by atoms with Gasteiger partial charge in [-0.25, -0.2) is 0 Å². The molecule has 0 radical (unpaired) electrons. The molecule has 0 aromatic heterocycles. The second-order valence-corrected chi connectivity index (χ2v) is 18.8. The van der Waals surface area contributed by atoms with Crippen molar-refractivity contribution in [3.8, 4) is 22.3 Å². The van der Waals surface area contributed by atoms with E-state index in [1.165, 1.54) is 182 Å². The summed E-state index contributed by atoms with van der Waals surface area (Å²) in [5.41, 5.74) is 17.4. The Bertz CT molecular complexity index is 2310. The average Bonchev–Trinajstić information content (AvgIpc) is 3.55. The Morgan fingerprint density at radius 1 is 0.373 bits per heavy atom. The molecule has 3 saturated carbocycles. The summed E-state index contributed by atoms with van der Waals surface area (Å²) in [5, 5.41) is 0. The summed E-state index contributed by atoms with van der Waals surface area (Å²) < 4.78 is 0. The highest BCUT2D eigenvalue weighted by Crippen LogP contribution is 2.54. The highest BCUT2D eigenvalue weighted by Gasteiger charge is 2.41. The zero-order valence-electron chi connectivity index (χ0n) is 35.5. The van der Waals surface area contributed by atoms with E-state index in [2.05, 4.69) is 151 Å². The molecule has 0 spiro atoms. The molecule has 4 aliphatic carbocycles. The molecule has 59 heavy (non-hydrogen) atoms. The van der Waals surface area contributed by atoms with Crippen LogP contribution in [0.4, 0.5) is 17.1 Å². The van der Waals surface area contributed by atoms with Crippen molar-refractivity contribution in [3.05, 3.63) is 173 Å². The van der Waals surface area contributed by atoms with Gasteiger partial charge in [0.1, 0.15) is 0 Å². The first-order valence-corrected chi connectivity index (χ1v) is 23.6. The highest BCUT2D eigenvalue weighted by atomic mass is 15.1. The third-order valence-electron chi connectivity index (χ3n) is 15.3. The van der Waals surface area contributed by atoms with Crippen LogP contribution in [-0.4, -0.2) is 0 Å².